The van der Waals surface area contributed by atoms with E-state index in [4.69, 9.17) is 35.2 Å². The Morgan fingerprint density at radius 2 is 1.53 bits per heavy atom. The van der Waals surface area contributed by atoms with Crippen molar-refractivity contribution in [3.05, 3.63) is 36.4 Å². The molecule has 0 saturated carbocycles. The molecule has 0 aliphatic rings. The van der Waals surface area contributed by atoms with Gasteiger partial charge in [-0.05, 0) is 24.3 Å². The van der Waals surface area contributed by atoms with E-state index in [1.165, 1.54) is 6.07 Å². The number of para-hydroxylation sites is 1. The maximum atomic E-state index is 12.2. The first-order valence-electron chi connectivity index (χ1n) is 11.2. The van der Waals surface area contributed by atoms with E-state index in [2.05, 4.69) is 20.5 Å². The molecule has 2 rings (SSSR count). The number of hydrogen-bond donors (Lipinski definition) is 3. The summed E-state index contributed by atoms with van der Waals surface area (Å²) >= 11 is 0. The van der Waals surface area contributed by atoms with E-state index in [1.807, 2.05) is 0 Å². The van der Waals surface area contributed by atoms with E-state index in [0.29, 0.717) is 45.3 Å². The first-order chi connectivity index (χ1) is 17.5. The van der Waals surface area contributed by atoms with Gasteiger partial charge in [0, 0.05) is 7.11 Å². The molecule has 0 unspecified atom stereocenters. The minimum Gasteiger partial charge on any atom is -0.424 e. The number of hydrogen-bond acceptors (Lipinski definition) is 12. The van der Waals surface area contributed by atoms with Crippen molar-refractivity contribution in [3.63, 3.8) is 0 Å². The molecule has 196 valence electrons. The predicted molar refractivity (Wildman–Crippen MR) is 132 cm³/mol. The number of aromatic nitrogens is 1. The highest BCUT2D eigenvalue weighted by Crippen LogP contribution is 2.30. The maximum Gasteiger partial charge on any atom is 0.313 e. The molecule has 0 radical (unpaired) electrons. The second-order valence-corrected chi connectivity index (χ2v) is 7.07. The molecular formula is C23H32N6O7. The third-order valence-corrected chi connectivity index (χ3v) is 4.34. The number of nitrogens with zero attached hydrogens (tertiary/aromatic N) is 3. The molecule has 0 aliphatic carbocycles. The number of nitrogens with two attached hydrogens (primary N) is 2. The van der Waals surface area contributed by atoms with Gasteiger partial charge in [-0.3, -0.25) is 9.59 Å². The highest BCUT2D eigenvalue weighted by atomic mass is 16.6. The third-order valence-electron chi connectivity index (χ3n) is 4.34. The number of benzene rings is 1. The van der Waals surface area contributed by atoms with Crippen LogP contribution in [0.25, 0.3) is 0 Å². The first kappa shape index (κ1) is 28.7. The zero-order chi connectivity index (χ0) is 26.0. The van der Waals surface area contributed by atoms with Gasteiger partial charge in [-0.1, -0.05) is 12.1 Å². The lowest BCUT2D eigenvalue weighted by Gasteiger charge is -2.08. The molecule has 0 bridgehead atoms. The largest absolute Gasteiger partial charge is 0.424 e. The summed E-state index contributed by atoms with van der Waals surface area (Å²) in [4.78, 5) is 27.6. The van der Waals surface area contributed by atoms with Crippen molar-refractivity contribution in [2.45, 2.75) is 6.42 Å². The standard InChI is InChI=1S/C23H32N6O7/c1-32-10-11-34-14-15-35-13-12-33-9-8-22(31)36-19-5-3-2-4-17(19)28-29-18-6-7-20(27-23(18)25)26-21(30)16-24/h2-7H,8-16,24H2,1H3,(H3,25,26,27,30)/b29-28+. The van der Waals surface area contributed by atoms with Gasteiger partial charge in [0.05, 0.1) is 59.2 Å². The van der Waals surface area contributed by atoms with Crippen LogP contribution in [0.3, 0.4) is 0 Å². The van der Waals surface area contributed by atoms with Crippen LogP contribution in [0.5, 0.6) is 5.75 Å². The molecule has 0 aliphatic heterocycles. The lowest BCUT2D eigenvalue weighted by Crippen LogP contribution is -2.22. The normalized spacial score (nSPS) is 11.1. The summed E-state index contributed by atoms with van der Waals surface area (Å²) < 4.78 is 26.3. The van der Waals surface area contributed by atoms with E-state index in [0.717, 1.165) is 0 Å². The van der Waals surface area contributed by atoms with E-state index in [1.54, 1.807) is 37.4 Å². The minimum absolute atomic E-state index is 0.0540. The number of pyridine rings is 1. The second kappa shape index (κ2) is 17.0. The highest BCUT2D eigenvalue weighted by Gasteiger charge is 2.10. The van der Waals surface area contributed by atoms with Crippen LogP contribution < -0.4 is 21.5 Å². The fourth-order valence-corrected chi connectivity index (χ4v) is 2.56. The van der Waals surface area contributed by atoms with Crippen LogP contribution >= 0.6 is 0 Å². The van der Waals surface area contributed by atoms with Crippen molar-refractivity contribution in [2.24, 2.45) is 16.0 Å². The molecule has 0 saturated heterocycles. The Bertz CT molecular complexity index is 989. The lowest BCUT2D eigenvalue weighted by atomic mass is 10.3. The molecule has 13 heteroatoms. The number of methoxy groups -OCH3 is 1. The van der Waals surface area contributed by atoms with E-state index < -0.39 is 11.9 Å². The number of amides is 1. The molecule has 5 N–H and O–H groups in total. The van der Waals surface area contributed by atoms with Crippen LogP contribution in [0.1, 0.15) is 6.42 Å². The monoisotopic (exact) mass is 504 g/mol. The number of carbonyl (C=O) groups excluding carboxylic acids is 2. The molecular weight excluding hydrogens is 472 g/mol. The van der Waals surface area contributed by atoms with Crippen LogP contribution in [0.4, 0.5) is 23.0 Å². The van der Waals surface area contributed by atoms with Crippen LogP contribution in [-0.4, -0.2) is 76.8 Å². The Morgan fingerprint density at radius 3 is 2.19 bits per heavy atom. The van der Waals surface area contributed by atoms with Gasteiger partial charge in [0.25, 0.3) is 0 Å². The van der Waals surface area contributed by atoms with Crippen molar-refractivity contribution >= 4 is 34.9 Å². The SMILES string of the molecule is COCCOCCOCCOCCC(=O)Oc1ccccc1/N=N/c1ccc(NC(=O)CN)nc1N. The number of anilines is 2. The van der Waals surface area contributed by atoms with Crippen molar-refractivity contribution in [1.29, 1.82) is 0 Å². The maximum absolute atomic E-state index is 12.2. The minimum atomic E-state index is -0.480. The van der Waals surface area contributed by atoms with Crippen molar-refractivity contribution < 1.29 is 33.3 Å². The predicted octanol–water partition coefficient (Wildman–Crippen LogP) is 1.97. The third kappa shape index (κ3) is 11.3. The van der Waals surface area contributed by atoms with Crippen LogP contribution in [-0.2, 0) is 28.5 Å². The van der Waals surface area contributed by atoms with Crippen molar-refractivity contribution in [2.75, 3.05) is 71.0 Å². The summed E-state index contributed by atoms with van der Waals surface area (Å²) in [5.41, 5.74) is 11.8. The number of nitrogens with one attached hydrogen (secondary N) is 1. The van der Waals surface area contributed by atoms with Gasteiger partial charge in [0.1, 0.15) is 17.2 Å². The summed E-state index contributed by atoms with van der Waals surface area (Å²) in [5.74, 6) is -0.335. The zero-order valence-electron chi connectivity index (χ0n) is 20.2. The molecule has 0 atom stereocenters. The van der Waals surface area contributed by atoms with Gasteiger partial charge in [0.2, 0.25) is 5.91 Å². The Morgan fingerprint density at radius 1 is 0.889 bits per heavy atom. The summed E-state index contributed by atoms with van der Waals surface area (Å²) in [6.45, 7) is 2.76. The molecule has 13 nitrogen and oxygen atoms in total. The lowest BCUT2D eigenvalue weighted by molar-refractivity contribution is -0.135. The molecule has 1 amide bonds. The number of rotatable bonds is 17. The topological polar surface area (TPSA) is 182 Å². The Labute approximate surface area is 209 Å². The fraction of sp³-hybridized carbons (Fsp3) is 0.435. The molecule has 2 aromatic rings. The van der Waals surface area contributed by atoms with Crippen LogP contribution in [0.2, 0.25) is 0 Å². The zero-order valence-corrected chi connectivity index (χ0v) is 20.2. The average Bonchev–Trinajstić information content (AvgIpc) is 2.87. The van der Waals surface area contributed by atoms with Crippen molar-refractivity contribution in [3.8, 4) is 5.75 Å². The van der Waals surface area contributed by atoms with Gasteiger partial charge in [-0.25, -0.2) is 4.98 Å². The van der Waals surface area contributed by atoms with Gasteiger partial charge in [-0.2, -0.15) is 0 Å². The van der Waals surface area contributed by atoms with Gasteiger partial charge < -0.3 is 40.5 Å². The first-order valence-corrected chi connectivity index (χ1v) is 11.2. The molecule has 1 aromatic carbocycles. The molecule has 1 heterocycles. The van der Waals surface area contributed by atoms with E-state index >= 15 is 0 Å². The van der Waals surface area contributed by atoms with E-state index in [9.17, 15) is 9.59 Å². The fourth-order valence-electron chi connectivity index (χ4n) is 2.56. The Hall–Kier alpha value is -3.49. The summed E-state index contributed by atoms with van der Waals surface area (Å²) in [5, 5.41) is 10.7. The average molecular weight is 505 g/mol. The Balaban J connectivity index is 1.75. The summed E-state index contributed by atoms with van der Waals surface area (Å²) in [7, 11) is 1.61. The van der Waals surface area contributed by atoms with Crippen LogP contribution in [0.15, 0.2) is 46.6 Å². The summed E-state index contributed by atoms with van der Waals surface area (Å²) in [6, 6.07) is 9.74. The number of carbonyl (C=O) groups is 2. The molecule has 36 heavy (non-hydrogen) atoms. The molecule has 0 fully saturated rings. The number of azo groups is 1. The second-order valence-electron chi connectivity index (χ2n) is 7.07. The Kier molecular flexibility index (Phi) is 13.6. The highest BCUT2D eigenvalue weighted by molar-refractivity contribution is 5.91. The van der Waals surface area contributed by atoms with E-state index in [-0.39, 0.29) is 42.6 Å². The van der Waals surface area contributed by atoms with Crippen molar-refractivity contribution in [1.82, 2.24) is 4.98 Å². The van der Waals surface area contributed by atoms with Gasteiger partial charge in [0.15, 0.2) is 11.6 Å². The molecule has 0 spiro atoms. The number of nitrogen functional groups attached to an aromatic ring is 1. The van der Waals surface area contributed by atoms with Gasteiger partial charge in [-0.15, -0.1) is 10.2 Å². The van der Waals surface area contributed by atoms with Gasteiger partial charge >= 0.3 is 5.97 Å². The number of esters is 1. The quantitative estimate of drug-likeness (QED) is 0.125. The smallest absolute Gasteiger partial charge is 0.313 e. The van der Waals surface area contributed by atoms with Crippen LogP contribution in [0, 0.1) is 0 Å². The number of ether oxygens (including phenoxy) is 5. The molecule has 1 aromatic heterocycles. The summed E-state index contributed by atoms with van der Waals surface area (Å²) in [6.07, 6.45) is 0.0540.